The monoisotopic (exact) mass is 957 g/mol. The van der Waals surface area contributed by atoms with Crippen LogP contribution in [0.4, 0.5) is 0 Å². The van der Waals surface area contributed by atoms with Gasteiger partial charge in [-0.05, 0) is 86.2 Å². The first kappa shape index (κ1) is 48.1. The molecule has 2 aromatic heterocycles. The molecule has 15 nitrogen and oxygen atoms in total. The third-order valence-corrected chi connectivity index (χ3v) is 14.4. The highest BCUT2D eigenvalue weighted by molar-refractivity contribution is 7.15. The molecule has 8 rings (SSSR count). The number of nitrogens with one attached hydrogen (secondary N) is 3. The minimum atomic E-state index is -0.972. The Morgan fingerprint density at radius 3 is 2.29 bits per heavy atom. The number of thiophene rings is 1. The van der Waals surface area contributed by atoms with Crippen molar-refractivity contribution < 1.29 is 29.0 Å². The third kappa shape index (κ3) is 10.3. The Hall–Kier alpha value is -6.41. The molecule has 5 aromatic rings. The van der Waals surface area contributed by atoms with E-state index in [2.05, 4.69) is 46.1 Å². The van der Waals surface area contributed by atoms with Gasteiger partial charge in [-0.2, -0.15) is 5.26 Å². The molecule has 4 amide bonds. The van der Waals surface area contributed by atoms with Gasteiger partial charge >= 0.3 is 0 Å². The minimum Gasteiger partial charge on any atom is -0.490 e. The number of hydrogen-bond acceptors (Lipinski definition) is 11. The van der Waals surface area contributed by atoms with E-state index >= 15 is 0 Å². The number of nitrogens with zero attached hydrogens (tertiary/aromatic N) is 6. The Morgan fingerprint density at radius 2 is 1.63 bits per heavy atom. The van der Waals surface area contributed by atoms with Crippen molar-refractivity contribution in [3.63, 3.8) is 0 Å². The predicted molar refractivity (Wildman–Crippen MR) is 259 cm³/mol. The average Bonchev–Trinajstić information content (AvgIpc) is 3.94. The Labute approximate surface area is 405 Å². The molecule has 0 radical (unpaired) electrons. The van der Waals surface area contributed by atoms with E-state index in [1.807, 2.05) is 63.5 Å². The van der Waals surface area contributed by atoms with Crippen LogP contribution in [0.25, 0.3) is 5.00 Å². The van der Waals surface area contributed by atoms with Gasteiger partial charge in [-0.1, -0.05) is 68.8 Å². The lowest BCUT2D eigenvalue weighted by atomic mass is 9.85. The Morgan fingerprint density at radius 1 is 0.941 bits per heavy atom. The summed E-state index contributed by atoms with van der Waals surface area (Å²) in [6, 6.07) is 20.8. The van der Waals surface area contributed by atoms with Crippen LogP contribution in [-0.2, 0) is 25.6 Å². The van der Waals surface area contributed by atoms with Crippen LogP contribution in [0, 0.1) is 37.5 Å². The van der Waals surface area contributed by atoms with Crippen molar-refractivity contribution >= 4 is 52.3 Å². The van der Waals surface area contributed by atoms with Gasteiger partial charge in [0.25, 0.3) is 0 Å². The molecular formula is C51H56ClN9O6S. The van der Waals surface area contributed by atoms with Crippen LogP contribution < -0.4 is 20.7 Å². The summed E-state index contributed by atoms with van der Waals surface area (Å²) >= 11 is 7.92. The predicted octanol–water partition coefficient (Wildman–Crippen LogP) is 6.70. The first-order valence-corrected chi connectivity index (χ1v) is 24.1. The number of aliphatic hydroxyl groups is 1. The van der Waals surface area contributed by atoms with E-state index in [1.54, 1.807) is 59.9 Å². The molecule has 1 saturated carbocycles. The minimum absolute atomic E-state index is 0.00189. The lowest BCUT2D eigenvalue weighted by Crippen LogP contribution is -2.58. The molecule has 5 atom stereocenters. The first-order chi connectivity index (χ1) is 32.4. The van der Waals surface area contributed by atoms with Gasteiger partial charge in [0.1, 0.15) is 40.8 Å². The van der Waals surface area contributed by atoms with E-state index in [4.69, 9.17) is 26.6 Å². The number of halogens is 1. The largest absolute Gasteiger partial charge is 0.490 e. The normalized spacial score (nSPS) is 20.6. The molecule has 4 N–H and O–H groups in total. The van der Waals surface area contributed by atoms with Crippen molar-refractivity contribution in [2.45, 2.75) is 123 Å². The molecule has 2 aliphatic heterocycles. The summed E-state index contributed by atoms with van der Waals surface area (Å²) in [7, 11) is 0. The Bertz CT molecular complexity index is 2790. The number of rotatable bonds is 13. The highest BCUT2D eigenvalue weighted by Crippen LogP contribution is 2.40. The maximum atomic E-state index is 14.1. The SMILES string of the molecule is Cc1sc2c(c1C)C(c1ccc(Cl)cc1)=NC(CC(=O)NC1CC(Oc3ccc(CC(=O)N[C@H](C(=O)N4C[C@H](O)C[C@H]4C(=O)N[C@@H](C)c4ccc(C#N)cc4)C(C)(C)C)cc3)C1)c1nnc(C)n1-2. The van der Waals surface area contributed by atoms with Gasteiger partial charge in [-0.15, -0.1) is 21.5 Å². The zero-order valence-electron chi connectivity index (χ0n) is 39.2. The van der Waals surface area contributed by atoms with Crippen molar-refractivity contribution in [2.75, 3.05) is 6.54 Å². The molecule has 4 heterocycles. The number of aryl methyl sites for hydroxylation is 2. The maximum Gasteiger partial charge on any atom is 0.246 e. The lowest BCUT2D eigenvalue weighted by molar-refractivity contribution is -0.144. The summed E-state index contributed by atoms with van der Waals surface area (Å²) in [5, 5.41) is 39.3. The van der Waals surface area contributed by atoms with Crippen molar-refractivity contribution in [1.29, 1.82) is 5.26 Å². The number of aliphatic hydroxyl groups excluding tert-OH is 1. The van der Waals surface area contributed by atoms with Crippen molar-refractivity contribution in [3.8, 4) is 16.8 Å². The van der Waals surface area contributed by atoms with Gasteiger partial charge < -0.3 is 30.7 Å². The van der Waals surface area contributed by atoms with Crippen LogP contribution in [0.5, 0.6) is 5.75 Å². The van der Waals surface area contributed by atoms with Gasteiger partial charge in [0.05, 0.1) is 42.3 Å². The molecule has 68 heavy (non-hydrogen) atoms. The fraction of sp³-hybridized carbons (Fsp3) is 0.412. The van der Waals surface area contributed by atoms with E-state index in [1.165, 1.54) is 9.78 Å². The fourth-order valence-electron chi connectivity index (χ4n) is 9.01. The highest BCUT2D eigenvalue weighted by Gasteiger charge is 2.45. The van der Waals surface area contributed by atoms with Crippen LogP contribution in [0.3, 0.4) is 0 Å². The van der Waals surface area contributed by atoms with Crippen LogP contribution in [-0.4, -0.2) is 91.0 Å². The number of carbonyl (C=O) groups is 4. The first-order valence-electron chi connectivity index (χ1n) is 22.9. The molecule has 1 aliphatic carbocycles. The van der Waals surface area contributed by atoms with Gasteiger partial charge in [0.2, 0.25) is 23.6 Å². The second-order valence-electron chi connectivity index (χ2n) is 19.1. The van der Waals surface area contributed by atoms with E-state index in [0.717, 1.165) is 38.8 Å². The van der Waals surface area contributed by atoms with E-state index in [0.29, 0.717) is 40.6 Å². The van der Waals surface area contributed by atoms with Gasteiger partial charge in [-0.25, -0.2) is 0 Å². The molecule has 2 fully saturated rings. The molecule has 1 saturated heterocycles. The number of aromatic nitrogens is 3. The van der Waals surface area contributed by atoms with E-state index in [-0.39, 0.29) is 49.8 Å². The highest BCUT2D eigenvalue weighted by atomic mass is 35.5. The number of nitriles is 1. The summed E-state index contributed by atoms with van der Waals surface area (Å²) in [6.45, 7) is 13.4. The number of hydrogen-bond donors (Lipinski definition) is 4. The fourth-order valence-corrected chi connectivity index (χ4v) is 10.3. The molecule has 3 aliphatic rings. The summed E-state index contributed by atoms with van der Waals surface area (Å²) in [5.41, 5.74) is 5.11. The van der Waals surface area contributed by atoms with Crippen LogP contribution >= 0.6 is 22.9 Å². The number of ether oxygens (including phenoxy) is 1. The second-order valence-corrected chi connectivity index (χ2v) is 20.8. The molecule has 0 spiro atoms. The summed E-state index contributed by atoms with van der Waals surface area (Å²) in [6.07, 6.45) is 0.398. The van der Waals surface area contributed by atoms with E-state index < -0.39 is 47.5 Å². The van der Waals surface area contributed by atoms with Gasteiger partial charge in [-0.3, -0.25) is 28.7 Å². The number of amides is 4. The molecule has 3 aromatic carbocycles. The number of carbonyl (C=O) groups excluding carboxylic acids is 4. The summed E-state index contributed by atoms with van der Waals surface area (Å²) in [5.74, 6) is 0.603. The number of benzene rings is 3. The zero-order chi connectivity index (χ0) is 48.6. The molecule has 354 valence electrons. The Balaban J connectivity index is 0.839. The topological polar surface area (TPSA) is 204 Å². The van der Waals surface area contributed by atoms with Crippen molar-refractivity contribution in [2.24, 2.45) is 10.4 Å². The van der Waals surface area contributed by atoms with Crippen molar-refractivity contribution in [1.82, 2.24) is 35.6 Å². The lowest BCUT2D eigenvalue weighted by Gasteiger charge is -2.36. The Kier molecular flexibility index (Phi) is 13.9. The standard InChI is InChI=1S/C51H56ClN9O6S/c1-27-29(3)68-50-44(27)45(34-14-16-35(52)17-15-34)56-40(47-59-58-30(4)61(47)50)24-43(64)55-36-21-39(22-36)67-38-18-10-31(11-19-38)20-42(63)57-46(51(5,6)7)49(66)60-26-37(62)23-41(60)48(65)54-28(2)33-12-8-32(25-53)9-13-33/h8-19,28,36-37,39-41,46,62H,20-24,26H2,1-7H3,(H,54,65)(H,55,64)(H,57,63)/t28-,36?,37+,39?,40?,41-,46+/m0/s1. The maximum absolute atomic E-state index is 14.1. The van der Waals surface area contributed by atoms with Crippen LogP contribution in [0.2, 0.25) is 5.02 Å². The quantitative estimate of drug-likeness (QED) is 0.0991. The number of β-amino-alcohol motifs (C(OH)–C–C–N with tert-alkyl or cyclic N) is 1. The third-order valence-electron chi connectivity index (χ3n) is 13.0. The van der Waals surface area contributed by atoms with Crippen molar-refractivity contribution in [3.05, 3.63) is 128 Å². The molecule has 17 heteroatoms. The van der Waals surface area contributed by atoms with Gasteiger partial charge in [0.15, 0.2) is 5.82 Å². The van der Waals surface area contributed by atoms with Crippen LogP contribution in [0.1, 0.15) is 115 Å². The molecule has 1 unspecified atom stereocenters. The summed E-state index contributed by atoms with van der Waals surface area (Å²) in [4.78, 5) is 62.6. The zero-order valence-corrected chi connectivity index (χ0v) is 40.7. The van der Waals surface area contributed by atoms with Crippen LogP contribution in [0.15, 0.2) is 77.8 Å². The van der Waals surface area contributed by atoms with Gasteiger partial charge in [0, 0.05) is 52.9 Å². The second kappa shape index (κ2) is 19.7. The number of fused-ring (bicyclic) bond motifs is 3. The number of likely N-dealkylation sites (tertiary alicyclic amines) is 1. The summed E-state index contributed by atoms with van der Waals surface area (Å²) < 4.78 is 8.26. The molecular weight excluding hydrogens is 902 g/mol. The molecule has 0 bridgehead atoms. The smallest absolute Gasteiger partial charge is 0.246 e. The number of aliphatic imine (C=N–C) groups is 1. The average molecular weight is 959 g/mol. The van der Waals surface area contributed by atoms with E-state index in [9.17, 15) is 24.3 Å².